The van der Waals surface area contributed by atoms with Gasteiger partial charge >= 0.3 is 0 Å². The third-order valence-corrected chi connectivity index (χ3v) is 6.61. The van der Waals surface area contributed by atoms with E-state index in [0.717, 1.165) is 31.2 Å². The minimum absolute atomic E-state index is 0.0288. The average molecular weight is 355 g/mol. The van der Waals surface area contributed by atoms with Crippen LogP contribution in [0.2, 0.25) is 0 Å². The Balaban J connectivity index is 1.33. The predicted octanol–water partition coefficient (Wildman–Crippen LogP) is 2.06. The molecule has 1 aliphatic heterocycles. The largest absolute Gasteiger partial charge is 0.344 e. The van der Waals surface area contributed by atoms with E-state index in [1.807, 2.05) is 35.2 Å². The molecule has 1 heterocycles. The molecule has 2 amide bonds. The lowest BCUT2D eigenvalue weighted by Gasteiger charge is -2.43. The Morgan fingerprint density at radius 2 is 1.81 bits per heavy atom. The van der Waals surface area contributed by atoms with Gasteiger partial charge in [-0.25, -0.2) is 0 Å². The summed E-state index contributed by atoms with van der Waals surface area (Å²) in [6.07, 6.45) is 6.02. The lowest BCUT2D eigenvalue weighted by Crippen LogP contribution is -2.51. The normalized spacial score (nSPS) is 34.0. The van der Waals surface area contributed by atoms with Crippen molar-refractivity contribution in [2.75, 3.05) is 6.54 Å². The second-order valence-corrected chi connectivity index (χ2v) is 8.29. The van der Waals surface area contributed by atoms with Gasteiger partial charge in [0.05, 0.1) is 0 Å². The van der Waals surface area contributed by atoms with Crippen LogP contribution in [-0.4, -0.2) is 35.3 Å². The highest BCUT2D eigenvalue weighted by Gasteiger charge is 2.42. The number of carbonyl (C=O) groups is 2. The lowest BCUT2D eigenvalue weighted by atomic mass is 9.65. The van der Waals surface area contributed by atoms with Crippen LogP contribution in [0.25, 0.3) is 0 Å². The summed E-state index contributed by atoms with van der Waals surface area (Å²) in [6.45, 7) is 1.33. The van der Waals surface area contributed by atoms with Crippen molar-refractivity contribution in [3.05, 3.63) is 35.9 Å². The molecule has 5 heteroatoms. The predicted molar refractivity (Wildman–Crippen MR) is 99.9 cm³/mol. The van der Waals surface area contributed by atoms with Gasteiger partial charge in [0.25, 0.3) is 0 Å². The molecule has 2 aliphatic carbocycles. The number of nitrogens with one attached hydrogen (secondary N) is 1. The Bertz CT molecular complexity index is 648. The van der Waals surface area contributed by atoms with E-state index in [9.17, 15) is 9.59 Å². The van der Waals surface area contributed by atoms with Gasteiger partial charge in [-0.15, -0.1) is 0 Å². The quantitative estimate of drug-likeness (QED) is 0.868. The number of fused-ring (bicyclic) bond motifs is 2. The first-order valence-corrected chi connectivity index (χ1v) is 10.0. The summed E-state index contributed by atoms with van der Waals surface area (Å²) < 4.78 is 0. The topological polar surface area (TPSA) is 75.4 Å². The highest BCUT2D eigenvalue weighted by Crippen LogP contribution is 2.42. The molecule has 0 spiro atoms. The zero-order chi connectivity index (χ0) is 18.1. The smallest absolute Gasteiger partial charge is 0.245 e. The monoisotopic (exact) mass is 355 g/mol. The zero-order valence-electron chi connectivity index (χ0n) is 15.3. The number of benzene rings is 1. The van der Waals surface area contributed by atoms with E-state index < -0.39 is 0 Å². The Morgan fingerprint density at radius 3 is 2.50 bits per heavy atom. The van der Waals surface area contributed by atoms with Crippen LogP contribution < -0.4 is 11.1 Å². The number of hydrogen-bond acceptors (Lipinski definition) is 3. The summed E-state index contributed by atoms with van der Waals surface area (Å²) in [4.78, 5) is 27.3. The minimum atomic E-state index is -0.360. The molecule has 1 aromatic rings. The maximum atomic E-state index is 12.8. The molecule has 3 aliphatic rings. The van der Waals surface area contributed by atoms with Crippen LogP contribution >= 0.6 is 0 Å². The van der Waals surface area contributed by atoms with Gasteiger partial charge in [-0.3, -0.25) is 9.59 Å². The van der Waals surface area contributed by atoms with Crippen molar-refractivity contribution in [1.29, 1.82) is 0 Å². The summed E-state index contributed by atoms with van der Waals surface area (Å²) in [5.41, 5.74) is 7.46. The number of nitrogens with two attached hydrogens (primary N) is 1. The molecule has 3 unspecified atom stereocenters. The van der Waals surface area contributed by atoms with Gasteiger partial charge in [-0.2, -0.15) is 0 Å². The molecule has 2 saturated carbocycles. The Hall–Kier alpha value is -1.88. The number of likely N-dealkylation sites (tertiary alicyclic amines) is 1. The van der Waals surface area contributed by atoms with E-state index >= 15 is 0 Å². The van der Waals surface area contributed by atoms with Gasteiger partial charge in [0.2, 0.25) is 11.8 Å². The van der Waals surface area contributed by atoms with E-state index in [-0.39, 0.29) is 29.8 Å². The van der Waals surface area contributed by atoms with Crippen molar-refractivity contribution < 1.29 is 9.59 Å². The third kappa shape index (κ3) is 3.50. The standard InChI is InChI=1S/C21H29N3O2/c22-19-15-7-4-8-16(19)12-17(11-15)20(25)23-18-9-10-24(21(18)26)13-14-5-2-1-3-6-14/h1-3,5-6,15-19H,4,7-13,22H2,(H,23,25). The van der Waals surface area contributed by atoms with Crippen molar-refractivity contribution in [1.82, 2.24) is 10.2 Å². The Morgan fingerprint density at radius 1 is 1.12 bits per heavy atom. The summed E-state index contributed by atoms with van der Waals surface area (Å²) in [5.74, 6) is 1.10. The molecule has 2 bridgehead atoms. The van der Waals surface area contributed by atoms with Crippen molar-refractivity contribution in [2.45, 2.75) is 57.2 Å². The first kappa shape index (κ1) is 17.5. The molecule has 140 valence electrons. The van der Waals surface area contributed by atoms with Crippen molar-refractivity contribution in [3.8, 4) is 0 Å². The van der Waals surface area contributed by atoms with Gasteiger partial charge < -0.3 is 16.0 Å². The number of nitrogens with zero attached hydrogens (tertiary/aromatic N) is 1. The van der Waals surface area contributed by atoms with E-state index in [4.69, 9.17) is 5.73 Å². The Kier molecular flexibility index (Phi) is 4.98. The summed E-state index contributed by atoms with van der Waals surface area (Å²) >= 11 is 0. The maximum absolute atomic E-state index is 12.8. The summed E-state index contributed by atoms with van der Waals surface area (Å²) in [5, 5.41) is 3.05. The first-order chi connectivity index (χ1) is 12.6. The van der Waals surface area contributed by atoms with Crippen molar-refractivity contribution in [3.63, 3.8) is 0 Å². The van der Waals surface area contributed by atoms with E-state index in [0.29, 0.717) is 31.3 Å². The highest BCUT2D eigenvalue weighted by molar-refractivity contribution is 5.90. The van der Waals surface area contributed by atoms with Crippen LogP contribution in [0.5, 0.6) is 0 Å². The number of carbonyl (C=O) groups excluding carboxylic acids is 2. The molecule has 0 radical (unpaired) electrons. The van der Waals surface area contributed by atoms with E-state index in [1.54, 1.807) is 0 Å². The SMILES string of the molecule is NC1C2CCCC1CC(C(=O)NC1CCN(Cc3ccccc3)C1=O)C2. The van der Waals surface area contributed by atoms with Crippen LogP contribution in [0.4, 0.5) is 0 Å². The third-order valence-electron chi connectivity index (χ3n) is 6.61. The van der Waals surface area contributed by atoms with Crippen LogP contribution in [0.15, 0.2) is 30.3 Å². The number of amides is 2. The molecule has 1 saturated heterocycles. The molecule has 1 aromatic carbocycles. The molecule has 4 rings (SSSR count). The van der Waals surface area contributed by atoms with Crippen LogP contribution in [0.1, 0.15) is 44.1 Å². The second kappa shape index (κ2) is 7.39. The fourth-order valence-corrected chi connectivity index (χ4v) is 5.13. The zero-order valence-corrected chi connectivity index (χ0v) is 15.3. The highest BCUT2D eigenvalue weighted by atomic mass is 16.2. The van der Waals surface area contributed by atoms with Crippen molar-refractivity contribution in [2.24, 2.45) is 23.5 Å². The number of rotatable bonds is 4. The van der Waals surface area contributed by atoms with E-state index in [1.165, 1.54) is 6.42 Å². The fourth-order valence-electron chi connectivity index (χ4n) is 5.13. The van der Waals surface area contributed by atoms with Crippen LogP contribution in [0, 0.1) is 17.8 Å². The van der Waals surface area contributed by atoms with Gasteiger partial charge in [0, 0.05) is 25.0 Å². The van der Waals surface area contributed by atoms with Crippen LogP contribution in [-0.2, 0) is 16.1 Å². The Labute approximate surface area is 155 Å². The van der Waals surface area contributed by atoms with Gasteiger partial charge in [0.15, 0.2) is 0 Å². The van der Waals surface area contributed by atoms with Gasteiger partial charge in [0.1, 0.15) is 6.04 Å². The summed E-state index contributed by atoms with van der Waals surface area (Å²) in [7, 11) is 0. The molecule has 5 nitrogen and oxygen atoms in total. The molecule has 3 atom stereocenters. The van der Waals surface area contributed by atoms with E-state index in [2.05, 4.69) is 5.32 Å². The average Bonchev–Trinajstić information content (AvgIpc) is 2.96. The first-order valence-electron chi connectivity index (χ1n) is 10.0. The number of hydrogen-bond donors (Lipinski definition) is 2. The molecular formula is C21H29N3O2. The van der Waals surface area contributed by atoms with Crippen molar-refractivity contribution >= 4 is 11.8 Å². The minimum Gasteiger partial charge on any atom is -0.344 e. The molecule has 3 fully saturated rings. The molecule has 3 N–H and O–H groups in total. The van der Waals surface area contributed by atoms with Gasteiger partial charge in [-0.05, 0) is 49.5 Å². The lowest BCUT2D eigenvalue weighted by molar-refractivity contribution is -0.135. The van der Waals surface area contributed by atoms with Gasteiger partial charge in [-0.1, -0.05) is 36.8 Å². The second-order valence-electron chi connectivity index (χ2n) is 8.29. The fraction of sp³-hybridized carbons (Fsp3) is 0.619. The molecule has 0 aromatic heterocycles. The summed E-state index contributed by atoms with van der Waals surface area (Å²) in [6, 6.07) is 9.92. The van der Waals surface area contributed by atoms with Crippen LogP contribution in [0.3, 0.4) is 0 Å². The molecular weight excluding hydrogens is 326 g/mol. The molecule has 26 heavy (non-hydrogen) atoms. The maximum Gasteiger partial charge on any atom is 0.245 e.